The van der Waals surface area contributed by atoms with Crippen molar-refractivity contribution in [2.45, 2.75) is 0 Å². The molecule has 5 heterocycles. The van der Waals surface area contributed by atoms with Gasteiger partial charge in [-0.25, -0.2) is 4.98 Å². The highest BCUT2D eigenvalue weighted by atomic mass is 32.1. The molecule has 0 saturated carbocycles. The second-order valence-corrected chi connectivity index (χ2v) is 12.9. The fourth-order valence-corrected chi connectivity index (χ4v) is 8.23. The Morgan fingerprint density at radius 3 is 2.13 bits per heavy atom. The minimum Gasteiger partial charge on any atom is -0.256 e. The number of rotatable bonds is 3. The first kappa shape index (κ1) is 26.2. The molecule has 10 aromatic rings. The minimum atomic E-state index is 0.906. The van der Waals surface area contributed by atoms with E-state index in [0.717, 1.165) is 61.0 Å². The van der Waals surface area contributed by atoms with E-state index >= 15 is 0 Å². The van der Waals surface area contributed by atoms with Crippen LogP contribution < -0.4 is 0 Å². The molecule has 4 nitrogen and oxygen atoms in total. The van der Waals surface area contributed by atoms with E-state index in [9.17, 15) is 0 Å². The molecule has 0 aliphatic rings. The van der Waals surface area contributed by atoms with E-state index in [1.54, 1.807) is 0 Å². The van der Waals surface area contributed by atoms with Crippen LogP contribution in [-0.2, 0) is 0 Å². The summed E-state index contributed by atoms with van der Waals surface area (Å²) in [5, 5.41) is 8.40. The fraction of sp³-hybridized carbons (Fsp3) is 0. The molecule has 47 heavy (non-hydrogen) atoms. The van der Waals surface area contributed by atoms with Gasteiger partial charge in [-0.3, -0.25) is 15.0 Å². The lowest BCUT2D eigenvalue weighted by Gasteiger charge is -2.12. The zero-order valence-corrected chi connectivity index (χ0v) is 25.9. The van der Waals surface area contributed by atoms with Crippen LogP contribution in [0.15, 0.2) is 146 Å². The first-order valence-corrected chi connectivity index (χ1v) is 16.4. The summed E-state index contributed by atoms with van der Waals surface area (Å²) in [6.07, 6.45) is 5.63. The Morgan fingerprint density at radius 2 is 1.23 bits per heavy atom. The van der Waals surface area contributed by atoms with Crippen molar-refractivity contribution in [3.63, 3.8) is 0 Å². The molecule has 0 aliphatic heterocycles. The topological polar surface area (TPSA) is 51.6 Å². The van der Waals surface area contributed by atoms with E-state index < -0.39 is 0 Å². The molecule has 0 radical (unpaired) electrons. The van der Waals surface area contributed by atoms with E-state index in [-0.39, 0.29) is 0 Å². The number of hydrogen-bond acceptors (Lipinski definition) is 5. The normalized spacial score (nSPS) is 11.8. The number of nitrogens with zero attached hydrogens (tertiary/aromatic N) is 4. The molecule has 5 aromatic carbocycles. The number of hydrogen-bond donors (Lipinski definition) is 0. The molecule has 10 rings (SSSR count). The largest absolute Gasteiger partial charge is 0.256 e. The van der Waals surface area contributed by atoms with Crippen molar-refractivity contribution < 1.29 is 0 Å². The van der Waals surface area contributed by atoms with Crippen LogP contribution in [0.25, 0.3) is 97.3 Å². The van der Waals surface area contributed by atoms with Crippen molar-refractivity contribution in [1.29, 1.82) is 0 Å². The van der Waals surface area contributed by atoms with Gasteiger partial charge in [-0.1, -0.05) is 97.1 Å². The molecular weight excluding hydrogens is 593 g/mol. The van der Waals surface area contributed by atoms with Crippen molar-refractivity contribution in [2.75, 3.05) is 0 Å². The van der Waals surface area contributed by atoms with Gasteiger partial charge in [0, 0.05) is 82.4 Å². The maximum Gasteiger partial charge on any atom is 0.0970 e. The van der Waals surface area contributed by atoms with Gasteiger partial charge in [0.05, 0.1) is 27.9 Å². The highest BCUT2D eigenvalue weighted by Crippen LogP contribution is 2.43. The Hall–Kier alpha value is -6.04. The number of pyridine rings is 4. The second-order valence-electron chi connectivity index (χ2n) is 11.8. The van der Waals surface area contributed by atoms with Crippen molar-refractivity contribution in [2.24, 2.45) is 0 Å². The molecule has 0 atom stereocenters. The maximum absolute atomic E-state index is 5.21. The lowest BCUT2D eigenvalue weighted by atomic mass is 9.97. The van der Waals surface area contributed by atoms with Gasteiger partial charge in [0.1, 0.15) is 0 Å². The summed E-state index contributed by atoms with van der Waals surface area (Å²) in [6, 6.07) is 44.9. The molecule has 218 valence electrons. The molecule has 0 spiro atoms. The number of aromatic nitrogens is 4. The molecule has 5 heteroatoms. The first-order valence-electron chi connectivity index (χ1n) is 15.6. The van der Waals surface area contributed by atoms with Crippen molar-refractivity contribution in [3.05, 3.63) is 146 Å². The summed E-state index contributed by atoms with van der Waals surface area (Å²) in [5.41, 5.74) is 9.05. The Morgan fingerprint density at radius 1 is 0.468 bits per heavy atom. The average Bonchev–Trinajstić information content (AvgIpc) is 3.53. The lowest BCUT2D eigenvalue weighted by Crippen LogP contribution is -1.91. The first-order chi connectivity index (χ1) is 23.3. The smallest absolute Gasteiger partial charge is 0.0970 e. The third-order valence-electron chi connectivity index (χ3n) is 9.22. The maximum atomic E-state index is 5.21. The third kappa shape index (κ3) is 4.07. The number of fused-ring (bicyclic) bond motifs is 10. The summed E-state index contributed by atoms with van der Waals surface area (Å²) in [4.78, 5) is 19.4. The number of thiophene rings is 1. The standard InChI is InChI=1S/C42H24N4S/c1-3-9-36-33(8-1)38-34(19-18-32-30-7-2-4-10-37(30)47-42(32)38)39(46-36)27-13-11-25(12-14-27)35-20-16-28(24-45-35)29-21-23-44-41-31(29)17-15-26-6-5-22-43-40(26)41/h1-24H. The molecule has 0 saturated heterocycles. The van der Waals surface area contributed by atoms with E-state index in [0.29, 0.717) is 0 Å². The van der Waals surface area contributed by atoms with Crippen molar-refractivity contribution in [1.82, 2.24) is 19.9 Å². The molecule has 0 N–H and O–H groups in total. The molecule has 0 aliphatic carbocycles. The number of para-hydroxylation sites is 1. The zero-order chi connectivity index (χ0) is 30.9. The van der Waals surface area contributed by atoms with Crippen LogP contribution in [0.1, 0.15) is 0 Å². The Kier molecular flexibility index (Phi) is 5.71. The van der Waals surface area contributed by atoms with Gasteiger partial charge < -0.3 is 0 Å². The summed E-state index contributed by atoms with van der Waals surface area (Å²) in [7, 11) is 0. The lowest BCUT2D eigenvalue weighted by molar-refractivity contribution is 1.32. The predicted molar refractivity (Wildman–Crippen MR) is 197 cm³/mol. The molecular formula is C42H24N4S. The fourth-order valence-electron chi connectivity index (χ4n) is 6.97. The third-order valence-corrected chi connectivity index (χ3v) is 10.4. The Labute approximate surface area is 273 Å². The van der Waals surface area contributed by atoms with E-state index in [2.05, 4.69) is 131 Å². The van der Waals surface area contributed by atoms with Gasteiger partial charge in [0.25, 0.3) is 0 Å². The summed E-state index contributed by atoms with van der Waals surface area (Å²) in [6.45, 7) is 0. The monoisotopic (exact) mass is 616 g/mol. The SMILES string of the molecule is c1cnc2c(c1)ccc1c(-c3ccc(-c4ccc(-c5nc6ccccc6c6c5ccc5c7ccccc7sc56)cc4)nc3)ccnc12. The molecule has 0 fully saturated rings. The van der Waals surface area contributed by atoms with Gasteiger partial charge >= 0.3 is 0 Å². The second kappa shape index (κ2) is 10.2. The van der Waals surface area contributed by atoms with Crippen LogP contribution >= 0.6 is 11.3 Å². The van der Waals surface area contributed by atoms with Gasteiger partial charge in [0.2, 0.25) is 0 Å². The van der Waals surface area contributed by atoms with Crippen LogP contribution in [0.5, 0.6) is 0 Å². The predicted octanol–water partition coefficient (Wildman–Crippen LogP) is 11.2. The molecule has 0 bridgehead atoms. The Balaban J connectivity index is 1.05. The van der Waals surface area contributed by atoms with Crippen molar-refractivity contribution >= 4 is 75.0 Å². The molecule has 5 aromatic heterocycles. The summed E-state index contributed by atoms with van der Waals surface area (Å²) in [5.74, 6) is 0. The van der Waals surface area contributed by atoms with E-state index in [1.807, 2.05) is 36.0 Å². The van der Waals surface area contributed by atoms with E-state index in [4.69, 9.17) is 9.97 Å². The van der Waals surface area contributed by atoms with Gasteiger partial charge in [-0.2, -0.15) is 0 Å². The van der Waals surface area contributed by atoms with E-state index in [1.165, 1.54) is 36.3 Å². The highest BCUT2D eigenvalue weighted by molar-refractivity contribution is 7.26. The van der Waals surface area contributed by atoms with Gasteiger partial charge in [-0.15, -0.1) is 11.3 Å². The van der Waals surface area contributed by atoms with Gasteiger partial charge in [-0.05, 0) is 35.9 Å². The summed E-state index contributed by atoms with van der Waals surface area (Å²) < 4.78 is 2.62. The quantitative estimate of drug-likeness (QED) is 0.185. The van der Waals surface area contributed by atoms with Crippen LogP contribution in [0.3, 0.4) is 0 Å². The average molecular weight is 617 g/mol. The van der Waals surface area contributed by atoms with Crippen LogP contribution in [-0.4, -0.2) is 19.9 Å². The highest BCUT2D eigenvalue weighted by Gasteiger charge is 2.16. The molecule has 0 amide bonds. The number of benzene rings is 5. The van der Waals surface area contributed by atoms with Crippen LogP contribution in [0.4, 0.5) is 0 Å². The molecule has 0 unspecified atom stereocenters. The Bertz CT molecular complexity index is 2840. The van der Waals surface area contributed by atoms with Gasteiger partial charge in [0.15, 0.2) is 0 Å². The summed E-state index contributed by atoms with van der Waals surface area (Å²) >= 11 is 1.87. The minimum absolute atomic E-state index is 0.906. The zero-order valence-electron chi connectivity index (χ0n) is 25.1. The van der Waals surface area contributed by atoms with Crippen LogP contribution in [0.2, 0.25) is 0 Å². The van der Waals surface area contributed by atoms with Crippen LogP contribution in [0, 0.1) is 0 Å². The van der Waals surface area contributed by atoms with Crippen molar-refractivity contribution in [3.8, 4) is 33.6 Å².